The lowest BCUT2D eigenvalue weighted by atomic mass is 9.72. The molecule has 1 aliphatic heterocycles. The molecule has 2 N–H and O–H groups in total. The minimum Gasteiger partial charge on any atom is -0.489 e. The number of hydrogen-bond acceptors (Lipinski definition) is 3. The number of primary amides is 1. The number of amides is 1. The normalized spacial score (nSPS) is 22.0. The first kappa shape index (κ1) is 18.9. The summed E-state index contributed by atoms with van der Waals surface area (Å²) in [5.41, 5.74) is 9.18. The molecule has 0 saturated carbocycles. The van der Waals surface area contributed by atoms with Gasteiger partial charge in [-0.05, 0) is 79.6 Å². The Labute approximate surface area is 165 Å². The average molecular weight is 382 g/mol. The molecule has 0 radical (unpaired) electrons. The Hall–Kier alpha value is -2.40. The van der Waals surface area contributed by atoms with Crippen LogP contribution in [-0.4, -0.2) is 29.4 Å². The molecule has 0 bridgehead atoms. The van der Waals surface area contributed by atoms with Gasteiger partial charge in [-0.25, -0.2) is 4.39 Å². The molecular formula is C23H27FN2O2. The number of aryl methyl sites for hydroxylation is 1. The summed E-state index contributed by atoms with van der Waals surface area (Å²) in [7, 11) is 0. The first-order valence-corrected chi connectivity index (χ1v) is 10.1. The molecule has 2 aromatic rings. The van der Waals surface area contributed by atoms with E-state index in [9.17, 15) is 9.18 Å². The smallest absolute Gasteiger partial charge is 0.231 e. The van der Waals surface area contributed by atoms with E-state index in [4.69, 9.17) is 10.5 Å². The van der Waals surface area contributed by atoms with E-state index in [0.29, 0.717) is 13.2 Å². The zero-order chi connectivity index (χ0) is 19.6. The fourth-order valence-electron chi connectivity index (χ4n) is 4.72. The van der Waals surface area contributed by atoms with E-state index in [1.165, 1.54) is 29.7 Å². The van der Waals surface area contributed by atoms with Crippen LogP contribution in [0.5, 0.6) is 5.75 Å². The number of fused-ring (bicyclic) bond motifs is 1. The lowest BCUT2D eigenvalue weighted by molar-refractivity contribution is -0.121. The summed E-state index contributed by atoms with van der Waals surface area (Å²) in [4.78, 5) is 13.9. The summed E-state index contributed by atoms with van der Waals surface area (Å²) >= 11 is 0. The van der Waals surface area contributed by atoms with Gasteiger partial charge in [-0.3, -0.25) is 9.69 Å². The van der Waals surface area contributed by atoms with Crippen molar-refractivity contribution in [1.82, 2.24) is 4.90 Å². The van der Waals surface area contributed by atoms with E-state index in [1.54, 1.807) is 12.1 Å². The molecule has 148 valence electrons. The highest BCUT2D eigenvalue weighted by Gasteiger charge is 2.41. The number of rotatable bonds is 5. The van der Waals surface area contributed by atoms with Gasteiger partial charge in [0.1, 0.15) is 18.2 Å². The Balaban J connectivity index is 1.46. The summed E-state index contributed by atoms with van der Waals surface area (Å²) in [5.74, 6) is 0.368. The maximum Gasteiger partial charge on any atom is 0.231 e. The van der Waals surface area contributed by atoms with Gasteiger partial charge in [0.15, 0.2) is 0 Å². The lowest BCUT2D eigenvalue weighted by Gasteiger charge is -2.49. The van der Waals surface area contributed by atoms with E-state index >= 15 is 0 Å². The molecule has 2 aromatic carbocycles. The number of halogens is 1. The number of benzene rings is 2. The number of carbonyl (C=O) groups excluding carboxylic acids is 1. The molecular weight excluding hydrogens is 355 g/mol. The molecule has 5 heteroatoms. The molecule has 1 saturated heterocycles. The van der Waals surface area contributed by atoms with Crippen LogP contribution in [-0.2, 0) is 24.2 Å². The monoisotopic (exact) mass is 382 g/mol. The summed E-state index contributed by atoms with van der Waals surface area (Å²) in [6.45, 7) is 1.74. The number of ether oxygens (including phenoxy) is 1. The number of hydrogen-bond donors (Lipinski definition) is 1. The first-order valence-electron chi connectivity index (χ1n) is 10.1. The second-order valence-electron chi connectivity index (χ2n) is 8.09. The quantitative estimate of drug-likeness (QED) is 0.860. The Bertz CT molecular complexity index is 852. The lowest BCUT2D eigenvalue weighted by Crippen LogP contribution is -2.57. The van der Waals surface area contributed by atoms with Gasteiger partial charge in [0.05, 0.1) is 6.54 Å². The molecule has 1 atom stereocenters. The molecule has 1 heterocycles. The van der Waals surface area contributed by atoms with Crippen molar-refractivity contribution in [3.63, 3.8) is 0 Å². The molecule has 1 amide bonds. The Morgan fingerprint density at radius 2 is 1.93 bits per heavy atom. The topological polar surface area (TPSA) is 55.6 Å². The Morgan fingerprint density at radius 3 is 2.71 bits per heavy atom. The standard InChI is InChI=1S/C23H27FN2O2/c24-20-6-3-17(4-7-20)16-28-21-8-5-19-14-23(11-9-18(19)13-21)10-1-2-12-26(23)15-22(25)27/h3-8,13H,1-2,9-12,14-16H2,(H2,25,27). The van der Waals surface area contributed by atoms with E-state index < -0.39 is 0 Å². The molecule has 2 aliphatic rings. The van der Waals surface area contributed by atoms with E-state index in [0.717, 1.165) is 50.0 Å². The van der Waals surface area contributed by atoms with E-state index in [2.05, 4.69) is 17.0 Å². The van der Waals surface area contributed by atoms with Crippen molar-refractivity contribution in [1.29, 1.82) is 0 Å². The number of nitrogens with zero attached hydrogens (tertiary/aromatic N) is 1. The maximum absolute atomic E-state index is 13.0. The van der Waals surface area contributed by atoms with Crippen LogP contribution in [0.1, 0.15) is 42.4 Å². The maximum atomic E-state index is 13.0. The van der Waals surface area contributed by atoms with Gasteiger partial charge in [0, 0.05) is 5.54 Å². The molecule has 1 unspecified atom stereocenters. The summed E-state index contributed by atoms with van der Waals surface area (Å²) in [6, 6.07) is 12.7. The number of carbonyl (C=O) groups is 1. The summed E-state index contributed by atoms with van der Waals surface area (Å²) in [6.07, 6.45) is 6.48. The van der Waals surface area contributed by atoms with Gasteiger partial charge >= 0.3 is 0 Å². The highest BCUT2D eigenvalue weighted by molar-refractivity contribution is 5.76. The molecule has 1 aliphatic carbocycles. The van der Waals surface area contributed by atoms with Crippen LogP contribution in [0.25, 0.3) is 0 Å². The van der Waals surface area contributed by atoms with Gasteiger partial charge in [-0.1, -0.05) is 24.6 Å². The fraction of sp³-hybridized carbons (Fsp3) is 0.435. The SMILES string of the molecule is NC(=O)CN1CCCCC12CCc1cc(OCc3ccc(F)cc3)ccc1C2. The second kappa shape index (κ2) is 7.92. The summed E-state index contributed by atoms with van der Waals surface area (Å²) in [5, 5.41) is 0. The third-order valence-corrected chi connectivity index (χ3v) is 6.21. The predicted octanol–water partition coefficient (Wildman–Crippen LogP) is 3.60. The third-order valence-electron chi connectivity index (χ3n) is 6.21. The predicted molar refractivity (Wildman–Crippen MR) is 107 cm³/mol. The van der Waals surface area contributed by atoms with Crippen LogP contribution < -0.4 is 10.5 Å². The van der Waals surface area contributed by atoms with Gasteiger partial charge in [-0.15, -0.1) is 0 Å². The minimum atomic E-state index is -0.239. The molecule has 28 heavy (non-hydrogen) atoms. The molecule has 1 spiro atoms. The van der Waals surface area contributed by atoms with E-state index in [1.807, 2.05) is 6.07 Å². The van der Waals surface area contributed by atoms with Crippen LogP contribution in [0.3, 0.4) is 0 Å². The highest BCUT2D eigenvalue weighted by atomic mass is 19.1. The van der Waals surface area contributed by atoms with Crippen molar-refractivity contribution in [3.8, 4) is 5.75 Å². The van der Waals surface area contributed by atoms with Crippen molar-refractivity contribution in [3.05, 3.63) is 65.0 Å². The van der Waals surface area contributed by atoms with Crippen LogP contribution in [0.4, 0.5) is 4.39 Å². The Kier molecular flexibility index (Phi) is 5.36. The number of nitrogens with two attached hydrogens (primary N) is 1. The second-order valence-corrected chi connectivity index (χ2v) is 8.09. The zero-order valence-corrected chi connectivity index (χ0v) is 16.1. The highest BCUT2D eigenvalue weighted by Crippen LogP contribution is 2.40. The minimum absolute atomic E-state index is 0.0662. The van der Waals surface area contributed by atoms with E-state index in [-0.39, 0.29) is 17.3 Å². The molecule has 4 rings (SSSR count). The summed E-state index contributed by atoms with van der Waals surface area (Å²) < 4.78 is 18.9. The van der Waals surface area contributed by atoms with Crippen LogP contribution in [0.2, 0.25) is 0 Å². The Morgan fingerprint density at radius 1 is 1.11 bits per heavy atom. The zero-order valence-electron chi connectivity index (χ0n) is 16.1. The fourth-order valence-corrected chi connectivity index (χ4v) is 4.72. The van der Waals surface area contributed by atoms with Crippen molar-refractivity contribution in [2.75, 3.05) is 13.1 Å². The average Bonchev–Trinajstić information content (AvgIpc) is 2.69. The van der Waals surface area contributed by atoms with Crippen molar-refractivity contribution in [2.24, 2.45) is 5.73 Å². The molecule has 4 nitrogen and oxygen atoms in total. The van der Waals surface area contributed by atoms with Gasteiger partial charge < -0.3 is 10.5 Å². The van der Waals surface area contributed by atoms with Gasteiger partial charge in [0.2, 0.25) is 5.91 Å². The van der Waals surface area contributed by atoms with Gasteiger partial charge in [-0.2, -0.15) is 0 Å². The van der Waals surface area contributed by atoms with Crippen LogP contribution in [0, 0.1) is 5.82 Å². The third kappa shape index (κ3) is 4.04. The molecule has 1 fully saturated rings. The number of likely N-dealkylation sites (tertiary alicyclic amines) is 1. The van der Waals surface area contributed by atoms with Gasteiger partial charge in [0.25, 0.3) is 0 Å². The van der Waals surface area contributed by atoms with Crippen LogP contribution in [0.15, 0.2) is 42.5 Å². The van der Waals surface area contributed by atoms with Crippen molar-refractivity contribution in [2.45, 2.75) is 50.7 Å². The van der Waals surface area contributed by atoms with Crippen LogP contribution >= 0.6 is 0 Å². The first-order chi connectivity index (χ1) is 13.5. The van der Waals surface area contributed by atoms with Crippen molar-refractivity contribution >= 4 is 5.91 Å². The van der Waals surface area contributed by atoms with Crippen molar-refractivity contribution < 1.29 is 13.9 Å². The molecule has 0 aromatic heterocycles. The largest absolute Gasteiger partial charge is 0.489 e. The number of piperidine rings is 1.